The maximum Gasteiger partial charge on any atom is 0.208 e. The van der Waals surface area contributed by atoms with Crippen LogP contribution in [0.25, 0.3) is 39.1 Å². The van der Waals surface area contributed by atoms with E-state index in [-0.39, 0.29) is 52.1 Å². The van der Waals surface area contributed by atoms with Crippen LogP contribution in [-0.2, 0) is 5.41 Å². The lowest BCUT2D eigenvalue weighted by molar-refractivity contribution is -1.01. The summed E-state index contributed by atoms with van der Waals surface area (Å²) in [5.74, 6) is -4.70. The summed E-state index contributed by atoms with van der Waals surface area (Å²) in [6, 6.07) is 33.4. The van der Waals surface area contributed by atoms with Gasteiger partial charge in [0.1, 0.15) is 19.6 Å². The third kappa shape index (κ3) is 4.85. The number of aliphatic imine (C=N–C) groups is 2. The van der Waals surface area contributed by atoms with Crippen LogP contribution < -0.4 is 5.46 Å². The molecule has 1 saturated carbocycles. The Hall–Kier alpha value is -7.18. The van der Waals surface area contributed by atoms with Gasteiger partial charge in [0.05, 0.1) is 53.0 Å². The van der Waals surface area contributed by atoms with Crippen molar-refractivity contribution in [3.8, 4) is 79.4 Å². The summed E-state index contributed by atoms with van der Waals surface area (Å²) in [7, 11) is 6.38. The van der Waals surface area contributed by atoms with E-state index in [0.717, 1.165) is 45.7 Å². The number of rotatable bonds is 5. The molecule has 6 heterocycles. The van der Waals surface area contributed by atoms with Gasteiger partial charge in [-0.25, -0.2) is 9.98 Å². The van der Waals surface area contributed by atoms with Gasteiger partial charge in [0.2, 0.25) is 17.2 Å². The number of amidine groups is 1. The van der Waals surface area contributed by atoms with Crippen LogP contribution in [0, 0.1) is 24.7 Å². The molecule has 6 aliphatic heterocycles. The number of allylic oxidation sites excluding steroid dienone is 1. The molecule has 0 aromatic heterocycles. The van der Waals surface area contributed by atoms with E-state index < -0.39 is 51.6 Å². The Morgan fingerprint density at radius 1 is 0.567 bits per heavy atom. The molecule has 8 aliphatic rings. The molecular weight excluding hydrogens is 841 g/mol. The fourth-order valence-electron chi connectivity index (χ4n) is 14.9. The molecule has 6 aromatic carbocycles. The summed E-state index contributed by atoms with van der Waals surface area (Å²) in [5, 5.41) is 89.5. The lowest BCUT2D eigenvalue weighted by Crippen LogP contribution is -2.77. The van der Waals surface area contributed by atoms with Crippen LogP contribution in [0.5, 0.6) is 46.0 Å². The first kappa shape index (κ1) is 40.1. The van der Waals surface area contributed by atoms with Crippen LogP contribution >= 0.6 is 0 Å². The maximum absolute atomic E-state index is 11.7. The maximum atomic E-state index is 11.7. The number of phenolic OH excluding ortho intramolecular Hbond substituents is 8. The molecule has 5 bridgehead atoms. The van der Waals surface area contributed by atoms with Gasteiger partial charge in [-0.3, -0.25) is 0 Å². The lowest BCUT2D eigenvalue weighted by atomic mass is 9.48. The molecule has 2 aliphatic carbocycles. The number of aromatic hydroxyl groups is 8. The van der Waals surface area contributed by atoms with Crippen molar-refractivity contribution in [1.29, 1.82) is 0 Å². The summed E-state index contributed by atoms with van der Waals surface area (Å²) in [6.07, 6.45) is 3.70. The number of hydrogen-bond acceptors (Lipinski definition) is 10. The van der Waals surface area contributed by atoms with E-state index in [0.29, 0.717) is 41.1 Å². The molecule has 8 atom stereocenters. The van der Waals surface area contributed by atoms with Crippen LogP contribution in [0.1, 0.15) is 72.4 Å². The summed E-state index contributed by atoms with van der Waals surface area (Å²) in [6.45, 7) is 4.46. The van der Waals surface area contributed by atoms with Gasteiger partial charge in [0.25, 0.3) is 0 Å². The average molecular weight is 889 g/mol. The van der Waals surface area contributed by atoms with Gasteiger partial charge in [-0.15, -0.1) is 0 Å². The molecular formula is C55H47BN3O8+. The van der Waals surface area contributed by atoms with Gasteiger partial charge in [-0.2, -0.15) is 0 Å². The average Bonchev–Trinajstić information content (AvgIpc) is 3.90. The quantitative estimate of drug-likeness (QED) is 0.0366. The van der Waals surface area contributed by atoms with Crippen molar-refractivity contribution in [2.45, 2.75) is 69.5 Å². The third-order valence-electron chi connectivity index (χ3n) is 17.4. The second kappa shape index (κ2) is 13.5. The second-order valence-electron chi connectivity index (χ2n) is 20.1. The minimum absolute atomic E-state index is 0.0223. The molecule has 5 saturated heterocycles. The first-order chi connectivity index (χ1) is 32.3. The van der Waals surface area contributed by atoms with Crippen LogP contribution in [-0.4, -0.2) is 89.4 Å². The predicted molar refractivity (Wildman–Crippen MR) is 256 cm³/mol. The number of fused-ring (bicyclic) bond motifs is 6. The van der Waals surface area contributed by atoms with Crippen molar-refractivity contribution in [1.82, 2.24) is 0 Å². The van der Waals surface area contributed by atoms with Crippen LogP contribution in [0.4, 0.5) is 0 Å². The first-order valence-corrected chi connectivity index (χ1v) is 23.2. The van der Waals surface area contributed by atoms with Crippen molar-refractivity contribution in [2.24, 2.45) is 27.7 Å². The van der Waals surface area contributed by atoms with E-state index in [1.165, 1.54) is 41.9 Å². The standard InChI is InChI=1S/C55H46BN3O8/c1-24-13-16-36(41-48(62)51(65)53(67)52(66)49(41)63)57-54(58-45(24)42-47(61)44(56)25(2)46(60)50(42)64)33-19-30(28-11-7-4-8-12-28)21-35-40(33)31-15-14-29(27-9-5-3-6-10-27)20-34(31)55(35)39-22-37-32-17-26-18-38(43(32)55)59(37,39)23-26/h3-12,14-15,19-21,26,32,37-39,43H,13,16-18,22-23H2,1-2H3,(H7-,57,58,60,61,62,63,64,65,66,67)/p+1/b45-24+. The van der Waals surface area contributed by atoms with Crippen LogP contribution in [0.15, 0.2) is 107 Å². The Bertz CT molecular complexity index is 3270. The highest BCUT2D eigenvalue weighted by atomic mass is 16.4. The van der Waals surface area contributed by atoms with Gasteiger partial charge in [0.15, 0.2) is 28.8 Å². The van der Waals surface area contributed by atoms with Gasteiger partial charge >= 0.3 is 0 Å². The Morgan fingerprint density at radius 3 is 1.88 bits per heavy atom. The fourth-order valence-corrected chi connectivity index (χ4v) is 14.9. The third-order valence-corrected chi connectivity index (χ3v) is 17.4. The normalized spacial score (nSPS) is 29.0. The zero-order valence-electron chi connectivity index (χ0n) is 36.9. The topological polar surface area (TPSA) is 187 Å². The molecule has 12 heteroatoms. The molecule has 8 N–H and O–H groups in total. The molecule has 11 nitrogen and oxygen atoms in total. The summed E-state index contributed by atoms with van der Waals surface area (Å²) < 4.78 is 1.19. The number of nitrogens with zero attached hydrogens (tertiary/aromatic N) is 3. The summed E-state index contributed by atoms with van der Waals surface area (Å²) in [5.41, 5.74) is 8.90. The lowest BCUT2D eigenvalue weighted by Gasteiger charge is -2.64. The number of phenols is 8. The number of hydrogen-bond donors (Lipinski definition) is 8. The number of piperidine rings is 2. The molecule has 8 unspecified atom stereocenters. The van der Waals surface area contributed by atoms with Crippen LogP contribution in [0.2, 0.25) is 0 Å². The van der Waals surface area contributed by atoms with Gasteiger partial charge in [-0.1, -0.05) is 72.8 Å². The molecule has 67 heavy (non-hydrogen) atoms. The number of quaternary nitrogens is 1. The predicted octanol–water partition coefficient (Wildman–Crippen LogP) is 8.50. The van der Waals surface area contributed by atoms with Crippen LogP contribution in [0.3, 0.4) is 0 Å². The van der Waals surface area contributed by atoms with E-state index in [9.17, 15) is 40.9 Å². The Morgan fingerprint density at radius 2 is 1.21 bits per heavy atom. The largest absolute Gasteiger partial charge is 0.508 e. The van der Waals surface area contributed by atoms with E-state index in [1.807, 2.05) is 30.3 Å². The highest BCUT2D eigenvalue weighted by Gasteiger charge is 2.90. The Balaban J connectivity index is 1.16. The van der Waals surface area contributed by atoms with Gasteiger partial charge in [-0.05, 0) is 112 Å². The zero-order chi connectivity index (χ0) is 46.2. The highest BCUT2D eigenvalue weighted by molar-refractivity contribution is 6.36. The molecule has 0 amide bonds. The molecule has 14 rings (SSSR count). The number of benzene rings is 6. The SMILES string of the molecule is [B]c1c(C)c(O)c(O)c(/C2=C(/C)CCC(c3c(O)c(O)c(O)c(O)c3O)=NC(c3cc(-c4ccccc4)cc4c3-c3ccc(-c5ccccc5)cc3C43C4C5CC6CC4[N+]4(C6)C5CC34)=N2)c1O. The van der Waals surface area contributed by atoms with Crippen molar-refractivity contribution < 1.29 is 45.3 Å². The zero-order valence-corrected chi connectivity index (χ0v) is 36.9. The van der Waals surface area contributed by atoms with Crippen molar-refractivity contribution >= 4 is 30.6 Å². The summed E-state index contributed by atoms with van der Waals surface area (Å²) >= 11 is 0. The van der Waals surface area contributed by atoms with E-state index in [4.69, 9.17) is 17.8 Å². The monoisotopic (exact) mass is 888 g/mol. The molecule has 2 radical (unpaired) electrons. The summed E-state index contributed by atoms with van der Waals surface area (Å²) in [4.78, 5) is 10.5. The second-order valence-corrected chi connectivity index (χ2v) is 20.1. The fraction of sp³-hybridized carbons (Fsp3) is 0.273. The molecule has 332 valence electrons. The van der Waals surface area contributed by atoms with E-state index >= 15 is 0 Å². The van der Waals surface area contributed by atoms with Crippen molar-refractivity contribution in [2.75, 3.05) is 6.54 Å². The Kier molecular flexibility index (Phi) is 8.07. The smallest absolute Gasteiger partial charge is 0.208 e. The molecule has 6 fully saturated rings. The van der Waals surface area contributed by atoms with Crippen molar-refractivity contribution in [3.05, 3.63) is 130 Å². The Labute approximate surface area is 387 Å². The minimum atomic E-state index is -1.09. The van der Waals surface area contributed by atoms with Crippen molar-refractivity contribution in [3.63, 3.8) is 0 Å². The highest BCUT2D eigenvalue weighted by Crippen LogP contribution is 2.81. The van der Waals surface area contributed by atoms with Gasteiger partial charge < -0.3 is 45.3 Å². The van der Waals surface area contributed by atoms with E-state index in [2.05, 4.69) is 60.7 Å². The molecule has 6 aromatic rings. The minimum Gasteiger partial charge on any atom is -0.508 e. The first-order valence-electron chi connectivity index (χ1n) is 23.2. The molecule has 2 spiro atoms. The van der Waals surface area contributed by atoms with Gasteiger partial charge in [0, 0.05) is 29.7 Å². The van der Waals surface area contributed by atoms with E-state index in [1.54, 1.807) is 6.92 Å².